The number of hydrogen-bond acceptors (Lipinski definition) is 3. The van der Waals surface area contributed by atoms with E-state index >= 15 is 0 Å². The Balaban J connectivity index is 0.000000185. The van der Waals surface area contributed by atoms with E-state index in [9.17, 15) is 4.79 Å². The zero-order valence-corrected chi connectivity index (χ0v) is 14.8. The SMILES string of the molecule is CCC1CCCN(C)C1.NC(=O)C1(Oc2ccccc2Cl)CC1. The summed E-state index contributed by atoms with van der Waals surface area (Å²) in [6.45, 7) is 4.94. The highest BCUT2D eigenvalue weighted by molar-refractivity contribution is 6.32. The van der Waals surface area contributed by atoms with Gasteiger partial charge in [0.05, 0.1) is 5.02 Å². The van der Waals surface area contributed by atoms with Crippen LogP contribution in [0.5, 0.6) is 5.75 Å². The van der Waals surface area contributed by atoms with E-state index in [0.29, 0.717) is 23.6 Å². The normalized spacial score (nSPS) is 22.7. The van der Waals surface area contributed by atoms with Crippen LogP contribution in [-0.2, 0) is 4.79 Å². The minimum Gasteiger partial charge on any atom is -0.476 e. The number of amides is 1. The van der Waals surface area contributed by atoms with Gasteiger partial charge in [-0.3, -0.25) is 4.79 Å². The van der Waals surface area contributed by atoms with Crippen molar-refractivity contribution in [3.63, 3.8) is 0 Å². The van der Waals surface area contributed by atoms with Crippen molar-refractivity contribution in [2.75, 3.05) is 20.1 Å². The van der Waals surface area contributed by atoms with E-state index in [-0.39, 0.29) is 0 Å². The molecule has 2 N–H and O–H groups in total. The van der Waals surface area contributed by atoms with Gasteiger partial charge in [0.25, 0.3) is 5.91 Å². The standard InChI is InChI=1S/C10H10ClNO2.C8H17N/c11-7-3-1-2-4-8(7)14-10(5-6-10)9(12)13;1-3-8-5-4-6-9(2)7-8/h1-4H,5-6H2,(H2,12,13);8H,3-7H2,1-2H3. The summed E-state index contributed by atoms with van der Waals surface area (Å²) in [5.74, 6) is 1.09. The number of hydrogen-bond donors (Lipinski definition) is 1. The van der Waals surface area contributed by atoms with Crippen LogP contribution in [0.2, 0.25) is 5.02 Å². The largest absolute Gasteiger partial charge is 0.476 e. The molecule has 0 spiro atoms. The van der Waals surface area contributed by atoms with Crippen molar-refractivity contribution in [2.45, 2.75) is 44.6 Å². The Kier molecular flexibility index (Phi) is 6.31. The molecule has 1 saturated heterocycles. The van der Waals surface area contributed by atoms with E-state index in [2.05, 4.69) is 18.9 Å². The number of nitrogens with two attached hydrogens (primary N) is 1. The van der Waals surface area contributed by atoms with Gasteiger partial charge in [0.2, 0.25) is 0 Å². The summed E-state index contributed by atoms with van der Waals surface area (Å²) in [5.41, 5.74) is 4.42. The number of benzene rings is 1. The molecule has 1 saturated carbocycles. The van der Waals surface area contributed by atoms with E-state index in [4.69, 9.17) is 22.1 Å². The summed E-state index contributed by atoms with van der Waals surface area (Å²) >= 11 is 5.89. The minimum atomic E-state index is -0.801. The van der Waals surface area contributed by atoms with Crippen molar-refractivity contribution >= 4 is 17.5 Å². The lowest BCUT2D eigenvalue weighted by atomic mass is 9.96. The third-order valence-electron chi connectivity index (χ3n) is 4.59. The first kappa shape index (κ1) is 18.1. The lowest BCUT2D eigenvalue weighted by Crippen LogP contribution is -2.35. The molecule has 1 atom stereocenters. The Bertz CT molecular complexity index is 532. The highest BCUT2D eigenvalue weighted by atomic mass is 35.5. The van der Waals surface area contributed by atoms with Gasteiger partial charge in [0.15, 0.2) is 5.60 Å². The number of carbonyl (C=O) groups is 1. The van der Waals surface area contributed by atoms with E-state index in [0.717, 1.165) is 5.92 Å². The molecule has 0 bridgehead atoms. The summed E-state index contributed by atoms with van der Waals surface area (Å²) in [6, 6.07) is 7.05. The second-order valence-corrected chi connectivity index (χ2v) is 6.98. The summed E-state index contributed by atoms with van der Waals surface area (Å²) in [4.78, 5) is 13.5. The number of para-hydroxylation sites is 1. The number of carbonyl (C=O) groups excluding carboxylic acids is 1. The maximum atomic E-state index is 11.1. The maximum absolute atomic E-state index is 11.1. The fourth-order valence-corrected chi connectivity index (χ4v) is 3.03. The summed E-state index contributed by atoms with van der Waals surface area (Å²) in [6.07, 6.45) is 5.58. The van der Waals surface area contributed by atoms with Crippen LogP contribution in [0.25, 0.3) is 0 Å². The van der Waals surface area contributed by atoms with Gasteiger partial charge in [-0.2, -0.15) is 0 Å². The fourth-order valence-electron chi connectivity index (χ4n) is 2.86. The van der Waals surface area contributed by atoms with E-state index < -0.39 is 11.5 Å². The van der Waals surface area contributed by atoms with Gasteiger partial charge in [-0.1, -0.05) is 37.1 Å². The van der Waals surface area contributed by atoms with Crippen LogP contribution in [-0.4, -0.2) is 36.5 Å². The Morgan fingerprint density at radius 2 is 2.13 bits per heavy atom. The van der Waals surface area contributed by atoms with Gasteiger partial charge in [0.1, 0.15) is 5.75 Å². The third-order valence-corrected chi connectivity index (χ3v) is 4.91. The molecule has 128 valence electrons. The van der Waals surface area contributed by atoms with E-state index in [1.54, 1.807) is 24.3 Å². The molecule has 23 heavy (non-hydrogen) atoms. The van der Waals surface area contributed by atoms with Crippen LogP contribution in [0.15, 0.2) is 24.3 Å². The van der Waals surface area contributed by atoms with Gasteiger partial charge in [-0.05, 0) is 44.5 Å². The summed E-state index contributed by atoms with van der Waals surface area (Å²) < 4.78 is 5.50. The molecule has 1 unspecified atom stereocenters. The molecule has 0 radical (unpaired) electrons. The molecule has 4 nitrogen and oxygen atoms in total. The molecular formula is C18H27ClN2O2. The number of rotatable bonds is 4. The predicted octanol–water partition coefficient (Wildman–Crippen LogP) is 3.47. The van der Waals surface area contributed by atoms with Crippen LogP contribution in [0.3, 0.4) is 0 Å². The zero-order valence-electron chi connectivity index (χ0n) is 14.1. The van der Waals surface area contributed by atoms with Crippen molar-refractivity contribution in [1.29, 1.82) is 0 Å². The highest BCUT2D eigenvalue weighted by Gasteiger charge is 2.51. The van der Waals surface area contributed by atoms with Gasteiger partial charge < -0.3 is 15.4 Å². The highest BCUT2D eigenvalue weighted by Crippen LogP contribution is 2.41. The summed E-state index contributed by atoms with van der Waals surface area (Å²) in [5, 5.41) is 0.500. The monoisotopic (exact) mass is 338 g/mol. The first-order valence-electron chi connectivity index (χ1n) is 8.39. The molecular weight excluding hydrogens is 312 g/mol. The minimum absolute atomic E-state index is 0.419. The Morgan fingerprint density at radius 1 is 1.43 bits per heavy atom. The number of ether oxygens (including phenoxy) is 1. The van der Waals surface area contributed by atoms with Crippen molar-refractivity contribution in [2.24, 2.45) is 11.7 Å². The third kappa shape index (κ3) is 5.11. The molecule has 2 aliphatic rings. The maximum Gasteiger partial charge on any atom is 0.261 e. The molecule has 1 amide bonds. The van der Waals surface area contributed by atoms with Crippen molar-refractivity contribution < 1.29 is 9.53 Å². The lowest BCUT2D eigenvalue weighted by Gasteiger charge is -2.28. The van der Waals surface area contributed by atoms with Gasteiger partial charge >= 0.3 is 0 Å². The van der Waals surface area contributed by atoms with Crippen LogP contribution >= 0.6 is 11.6 Å². The molecule has 0 aromatic heterocycles. The predicted molar refractivity (Wildman–Crippen MR) is 93.8 cm³/mol. The summed E-state index contributed by atoms with van der Waals surface area (Å²) in [7, 11) is 2.22. The average molecular weight is 339 g/mol. The van der Waals surface area contributed by atoms with E-state index in [1.165, 1.54) is 32.4 Å². The van der Waals surface area contributed by atoms with Gasteiger partial charge in [-0.25, -0.2) is 0 Å². The quantitative estimate of drug-likeness (QED) is 0.914. The van der Waals surface area contributed by atoms with Crippen LogP contribution < -0.4 is 10.5 Å². The topological polar surface area (TPSA) is 55.6 Å². The molecule has 2 fully saturated rings. The van der Waals surface area contributed by atoms with Crippen molar-refractivity contribution in [3.05, 3.63) is 29.3 Å². The zero-order chi connectivity index (χ0) is 16.9. The molecule has 5 heteroatoms. The fraction of sp³-hybridized carbons (Fsp3) is 0.611. The van der Waals surface area contributed by atoms with Crippen molar-refractivity contribution in [3.8, 4) is 5.75 Å². The molecule has 1 aromatic carbocycles. The number of halogens is 1. The second kappa shape index (κ2) is 8.02. The van der Waals surface area contributed by atoms with Crippen LogP contribution in [0.4, 0.5) is 0 Å². The van der Waals surface area contributed by atoms with Crippen LogP contribution in [0, 0.1) is 5.92 Å². The molecule has 1 heterocycles. The molecule has 1 aromatic rings. The van der Waals surface area contributed by atoms with E-state index in [1.807, 2.05) is 0 Å². The molecule has 3 rings (SSSR count). The first-order valence-corrected chi connectivity index (χ1v) is 8.76. The number of likely N-dealkylation sites (tertiary alicyclic amines) is 1. The number of piperidine rings is 1. The first-order chi connectivity index (χ1) is 11.0. The van der Waals surface area contributed by atoms with Crippen LogP contribution in [0.1, 0.15) is 39.0 Å². The Morgan fingerprint density at radius 3 is 2.61 bits per heavy atom. The van der Waals surface area contributed by atoms with Gasteiger partial charge in [0, 0.05) is 19.4 Å². The average Bonchev–Trinajstić information content (AvgIpc) is 3.31. The number of primary amides is 1. The Labute approximate surface area is 143 Å². The Hall–Kier alpha value is -1.26. The van der Waals surface area contributed by atoms with Gasteiger partial charge in [-0.15, -0.1) is 0 Å². The molecule has 1 aliphatic heterocycles. The van der Waals surface area contributed by atoms with Crippen molar-refractivity contribution in [1.82, 2.24) is 4.90 Å². The lowest BCUT2D eigenvalue weighted by molar-refractivity contribution is -0.126. The second-order valence-electron chi connectivity index (χ2n) is 6.57. The smallest absolute Gasteiger partial charge is 0.261 e. The molecule has 1 aliphatic carbocycles. The number of nitrogens with zero attached hydrogens (tertiary/aromatic N) is 1.